The van der Waals surface area contributed by atoms with Gasteiger partial charge in [0.05, 0.1) is 24.1 Å². The quantitative estimate of drug-likeness (QED) is 0.850. The molecule has 5 nitrogen and oxygen atoms in total. The number of ether oxygens (including phenoxy) is 1. The van der Waals surface area contributed by atoms with Crippen molar-refractivity contribution in [3.05, 3.63) is 59.7 Å². The highest BCUT2D eigenvalue weighted by Crippen LogP contribution is 2.17. The molecule has 0 bridgehead atoms. The van der Waals surface area contributed by atoms with E-state index in [0.717, 1.165) is 25.0 Å². The Kier molecular flexibility index (Phi) is 4.92. The van der Waals surface area contributed by atoms with Gasteiger partial charge in [0.25, 0.3) is 5.91 Å². The Morgan fingerprint density at radius 1 is 1.26 bits per heavy atom. The summed E-state index contributed by atoms with van der Waals surface area (Å²) >= 11 is 0. The van der Waals surface area contributed by atoms with E-state index in [1.807, 2.05) is 0 Å². The van der Waals surface area contributed by atoms with E-state index in [0.29, 0.717) is 18.7 Å². The molecule has 120 valence electrons. The van der Waals surface area contributed by atoms with E-state index >= 15 is 0 Å². The fourth-order valence-corrected chi connectivity index (χ4v) is 2.66. The first-order valence-corrected chi connectivity index (χ1v) is 7.64. The molecule has 1 unspecified atom stereocenters. The van der Waals surface area contributed by atoms with Gasteiger partial charge in [-0.15, -0.1) is 0 Å². The summed E-state index contributed by atoms with van der Waals surface area (Å²) in [7, 11) is 0. The van der Waals surface area contributed by atoms with Gasteiger partial charge in [-0.05, 0) is 36.6 Å². The van der Waals surface area contributed by atoms with Gasteiger partial charge in [-0.1, -0.05) is 12.1 Å². The minimum atomic E-state index is -0.288. The molecule has 3 rings (SSSR count). The Bertz CT molecular complexity index is 643. The topological polar surface area (TPSA) is 55.3 Å². The molecule has 0 N–H and O–H groups in total. The first-order valence-electron chi connectivity index (χ1n) is 7.64. The summed E-state index contributed by atoms with van der Waals surface area (Å²) in [6, 6.07) is 7.82. The van der Waals surface area contributed by atoms with Gasteiger partial charge in [-0.2, -0.15) is 10.2 Å². The molecule has 1 atom stereocenters. The predicted molar refractivity (Wildman–Crippen MR) is 82.1 cm³/mol. The Hall–Kier alpha value is -2.34. The Labute approximate surface area is 134 Å². The molecule has 2 heterocycles. The van der Waals surface area contributed by atoms with Gasteiger partial charge >= 0.3 is 0 Å². The van der Waals surface area contributed by atoms with Crippen molar-refractivity contribution in [3.63, 3.8) is 0 Å². The number of amides is 1. The smallest absolute Gasteiger partial charge is 0.255 e. The highest BCUT2D eigenvalue weighted by atomic mass is 19.1. The molecule has 1 amide bonds. The molecule has 6 heteroatoms. The maximum absolute atomic E-state index is 13.1. The van der Waals surface area contributed by atoms with Crippen molar-refractivity contribution in [1.29, 1.82) is 0 Å². The zero-order chi connectivity index (χ0) is 16.1. The third kappa shape index (κ3) is 4.10. The van der Waals surface area contributed by atoms with E-state index in [9.17, 15) is 9.18 Å². The zero-order valence-electron chi connectivity index (χ0n) is 12.7. The number of carbonyl (C=O) groups excluding carboxylic acids is 1. The van der Waals surface area contributed by atoms with Gasteiger partial charge in [-0.3, -0.25) is 4.79 Å². The molecule has 1 aliphatic rings. The number of halogens is 1. The van der Waals surface area contributed by atoms with E-state index < -0.39 is 0 Å². The van der Waals surface area contributed by atoms with E-state index in [1.165, 1.54) is 24.5 Å². The molecule has 1 aromatic carbocycles. The number of benzene rings is 1. The fraction of sp³-hybridized carbons (Fsp3) is 0.353. The van der Waals surface area contributed by atoms with Crippen molar-refractivity contribution in [2.75, 3.05) is 13.2 Å². The average Bonchev–Trinajstić information content (AvgIpc) is 3.09. The summed E-state index contributed by atoms with van der Waals surface area (Å²) in [6.45, 7) is 1.65. The van der Waals surface area contributed by atoms with Crippen molar-refractivity contribution in [2.45, 2.75) is 25.5 Å². The van der Waals surface area contributed by atoms with E-state index in [4.69, 9.17) is 4.74 Å². The Morgan fingerprint density at radius 2 is 2.09 bits per heavy atom. The van der Waals surface area contributed by atoms with Crippen molar-refractivity contribution in [3.8, 4) is 0 Å². The van der Waals surface area contributed by atoms with Crippen LogP contribution in [0.2, 0.25) is 0 Å². The van der Waals surface area contributed by atoms with Crippen LogP contribution in [0, 0.1) is 5.82 Å². The van der Waals surface area contributed by atoms with Crippen LogP contribution < -0.4 is 0 Å². The van der Waals surface area contributed by atoms with Gasteiger partial charge in [0.2, 0.25) is 0 Å². The molecule has 0 radical (unpaired) electrons. The lowest BCUT2D eigenvalue weighted by Gasteiger charge is -2.25. The number of rotatable bonds is 5. The standard InChI is InChI=1S/C17H18FN3O2/c18-15-5-3-13(4-6-15)11-21(12-16-2-1-9-23-16)17(22)14-7-8-19-20-10-14/h3-8,10,16H,1-2,9,11-12H2. The van der Waals surface area contributed by atoms with Crippen molar-refractivity contribution in [1.82, 2.24) is 15.1 Å². The van der Waals surface area contributed by atoms with Crippen LogP contribution in [0.15, 0.2) is 42.7 Å². The van der Waals surface area contributed by atoms with Crippen LogP contribution in [0.5, 0.6) is 0 Å². The molecular formula is C17H18FN3O2. The number of carbonyl (C=O) groups is 1. The summed E-state index contributed by atoms with van der Waals surface area (Å²) in [6.07, 6.45) is 4.96. The summed E-state index contributed by atoms with van der Waals surface area (Å²) in [5.74, 6) is -0.413. The summed E-state index contributed by atoms with van der Waals surface area (Å²) in [4.78, 5) is 14.5. The molecular weight excluding hydrogens is 297 g/mol. The highest BCUT2D eigenvalue weighted by molar-refractivity contribution is 5.93. The summed E-state index contributed by atoms with van der Waals surface area (Å²) in [5.41, 5.74) is 1.36. The Balaban J connectivity index is 1.77. The molecule has 0 saturated carbocycles. The van der Waals surface area contributed by atoms with Crippen LogP contribution in [-0.4, -0.2) is 40.3 Å². The minimum Gasteiger partial charge on any atom is -0.376 e. The van der Waals surface area contributed by atoms with Gasteiger partial charge in [0.1, 0.15) is 5.82 Å². The monoisotopic (exact) mass is 315 g/mol. The van der Waals surface area contributed by atoms with Gasteiger partial charge in [0, 0.05) is 19.7 Å². The van der Waals surface area contributed by atoms with Crippen molar-refractivity contribution >= 4 is 5.91 Å². The van der Waals surface area contributed by atoms with Crippen LogP contribution in [0.3, 0.4) is 0 Å². The predicted octanol–water partition coefficient (Wildman–Crippen LogP) is 2.44. The molecule has 23 heavy (non-hydrogen) atoms. The largest absolute Gasteiger partial charge is 0.376 e. The molecule has 1 aromatic heterocycles. The normalized spacial score (nSPS) is 17.2. The Morgan fingerprint density at radius 3 is 2.74 bits per heavy atom. The second-order valence-electron chi connectivity index (χ2n) is 5.58. The number of aromatic nitrogens is 2. The second-order valence-corrected chi connectivity index (χ2v) is 5.58. The van der Waals surface area contributed by atoms with Crippen LogP contribution >= 0.6 is 0 Å². The molecule has 0 aliphatic carbocycles. The molecule has 0 spiro atoms. The summed E-state index contributed by atoms with van der Waals surface area (Å²) < 4.78 is 18.7. The van der Waals surface area contributed by atoms with Gasteiger partial charge in [0.15, 0.2) is 0 Å². The number of hydrogen-bond acceptors (Lipinski definition) is 4. The highest BCUT2D eigenvalue weighted by Gasteiger charge is 2.23. The van der Waals surface area contributed by atoms with Crippen molar-refractivity contribution < 1.29 is 13.9 Å². The van der Waals surface area contributed by atoms with E-state index in [-0.39, 0.29) is 17.8 Å². The van der Waals surface area contributed by atoms with Gasteiger partial charge in [-0.25, -0.2) is 4.39 Å². The third-order valence-corrected chi connectivity index (χ3v) is 3.85. The zero-order valence-corrected chi connectivity index (χ0v) is 12.7. The van der Waals surface area contributed by atoms with Crippen molar-refractivity contribution in [2.24, 2.45) is 0 Å². The van der Waals surface area contributed by atoms with E-state index in [2.05, 4.69) is 10.2 Å². The summed E-state index contributed by atoms with van der Waals surface area (Å²) in [5, 5.41) is 7.46. The van der Waals surface area contributed by atoms with Gasteiger partial charge < -0.3 is 9.64 Å². The maximum atomic E-state index is 13.1. The SMILES string of the molecule is O=C(c1ccnnc1)N(Cc1ccc(F)cc1)CC1CCCO1. The van der Waals surface area contributed by atoms with Crippen LogP contribution in [0.25, 0.3) is 0 Å². The lowest BCUT2D eigenvalue weighted by Crippen LogP contribution is -2.37. The lowest BCUT2D eigenvalue weighted by atomic mass is 10.1. The van der Waals surface area contributed by atoms with Crippen LogP contribution in [0.1, 0.15) is 28.8 Å². The molecule has 1 fully saturated rings. The first kappa shape index (κ1) is 15.6. The molecule has 2 aromatic rings. The number of hydrogen-bond donors (Lipinski definition) is 0. The number of nitrogens with zero attached hydrogens (tertiary/aromatic N) is 3. The molecule has 1 aliphatic heterocycles. The fourth-order valence-electron chi connectivity index (χ4n) is 2.66. The minimum absolute atomic E-state index is 0.0502. The van der Waals surface area contributed by atoms with Crippen LogP contribution in [0.4, 0.5) is 4.39 Å². The molecule has 1 saturated heterocycles. The third-order valence-electron chi connectivity index (χ3n) is 3.85. The lowest BCUT2D eigenvalue weighted by molar-refractivity contribution is 0.0507. The maximum Gasteiger partial charge on any atom is 0.255 e. The van der Waals surface area contributed by atoms with E-state index in [1.54, 1.807) is 23.1 Å². The second kappa shape index (κ2) is 7.28. The average molecular weight is 315 g/mol. The first-order chi connectivity index (χ1) is 11.2. The van der Waals surface area contributed by atoms with Crippen LogP contribution in [-0.2, 0) is 11.3 Å².